The fraction of sp³-hybridized carbons (Fsp3) is 0.600. The number of hydrogen-bond donors (Lipinski definition) is 1. The standard InChI is InChI=1S/C20H27FN2O3.ClH/c21-15-9-7-14(8-10-15)18(24)6-3-12-23-13-11-19(26-20(22)25)16-4-1-2-5-17(16)23;/h7-10,16-17,19H,1-6,11-13H2,(H2,22,25);1H. The molecule has 7 heteroatoms. The lowest BCUT2D eigenvalue weighted by atomic mass is 9.76. The highest BCUT2D eigenvalue weighted by Gasteiger charge is 2.40. The van der Waals surface area contributed by atoms with Gasteiger partial charge in [-0.05, 0) is 56.5 Å². The first-order valence-corrected chi connectivity index (χ1v) is 9.53. The highest BCUT2D eigenvalue weighted by Crippen LogP contribution is 2.37. The van der Waals surface area contributed by atoms with Crippen LogP contribution in [0.2, 0.25) is 0 Å². The van der Waals surface area contributed by atoms with Crippen LogP contribution in [0.3, 0.4) is 0 Å². The molecule has 2 aliphatic rings. The van der Waals surface area contributed by atoms with Crippen molar-refractivity contribution in [3.63, 3.8) is 0 Å². The summed E-state index contributed by atoms with van der Waals surface area (Å²) in [6.07, 6.45) is 5.81. The van der Waals surface area contributed by atoms with Gasteiger partial charge in [-0.2, -0.15) is 0 Å². The first kappa shape index (κ1) is 21.6. The SMILES string of the molecule is Cl.NC(=O)OC1CCN(CCCC(=O)c2ccc(F)cc2)C2CCCCC12. The van der Waals surface area contributed by atoms with Crippen LogP contribution in [0.25, 0.3) is 0 Å². The van der Waals surface area contributed by atoms with Crippen molar-refractivity contribution in [2.75, 3.05) is 13.1 Å². The zero-order valence-electron chi connectivity index (χ0n) is 15.4. The normalized spacial score (nSPS) is 25.1. The van der Waals surface area contributed by atoms with Gasteiger partial charge in [0.15, 0.2) is 5.78 Å². The maximum absolute atomic E-state index is 13.0. The summed E-state index contributed by atoms with van der Waals surface area (Å²) < 4.78 is 18.3. The molecule has 1 heterocycles. The summed E-state index contributed by atoms with van der Waals surface area (Å²) >= 11 is 0. The van der Waals surface area contributed by atoms with Gasteiger partial charge in [-0.15, -0.1) is 12.4 Å². The first-order chi connectivity index (χ1) is 12.5. The van der Waals surface area contributed by atoms with E-state index in [9.17, 15) is 14.0 Å². The predicted molar refractivity (Wildman–Crippen MR) is 104 cm³/mol. The summed E-state index contributed by atoms with van der Waals surface area (Å²) in [5, 5.41) is 0. The van der Waals surface area contributed by atoms with Crippen molar-refractivity contribution in [1.82, 2.24) is 4.90 Å². The Morgan fingerprint density at radius 3 is 2.56 bits per heavy atom. The number of halogens is 2. The van der Waals surface area contributed by atoms with E-state index in [1.54, 1.807) is 12.1 Å². The smallest absolute Gasteiger partial charge is 0.404 e. The monoisotopic (exact) mass is 398 g/mol. The predicted octanol–water partition coefficient (Wildman–Crippen LogP) is 3.94. The highest BCUT2D eigenvalue weighted by atomic mass is 35.5. The molecule has 3 atom stereocenters. The van der Waals surface area contributed by atoms with E-state index in [-0.39, 0.29) is 30.1 Å². The van der Waals surface area contributed by atoms with Crippen LogP contribution in [0.5, 0.6) is 0 Å². The maximum Gasteiger partial charge on any atom is 0.404 e. The number of nitrogens with two attached hydrogens (primary N) is 1. The number of piperidine rings is 1. The second kappa shape index (κ2) is 10.0. The molecule has 1 aromatic rings. The molecule has 0 bridgehead atoms. The molecule has 1 saturated heterocycles. The number of ether oxygens (including phenoxy) is 1. The summed E-state index contributed by atoms with van der Waals surface area (Å²) in [4.78, 5) is 25.8. The lowest BCUT2D eigenvalue weighted by molar-refractivity contribution is -0.0416. The van der Waals surface area contributed by atoms with E-state index in [0.717, 1.165) is 45.2 Å². The number of fused-ring (bicyclic) bond motifs is 1. The van der Waals surface area contributed by atoms with Gasteiger partial charge in [0, 0.05) is 30.5 Å². The molecule has 150 valence electrons. The summed E-state index contributed by atoms with van der Waals surface area (Å²) in [6, 6.07) is 6.14. The molecule has 0 radical (unpaired) electrons. The minimum atomic E-state index is -0.683. The summed E-state index contributed by atoms with van der Waals surface area (Å²) in [7, 11) is 0. The van der Waals surface area contributed by atoms with Crippen LogP contribution in [0.1, 0.15) is 55.3 Å². The molecular weight excluding hydrogens is 371 g/mol. The van der Waals surface area contributed by atoms with Gasteiger partial charge in [-0.3, -0.25) is 9.69 Å². The molecule has 1 amide bonds. The minimum absolute atomic E-state index is 0. The number of Topliss-reactive ketones (excluding diaryl/α,β-unsaturated/α-hetero) is 1. The molecule has 1 aromatic carbocycles. The molecule has 0 aromatic heterocycles. The van der Waals surface area contributed by atoms with Crippen LogP contribution in [0, 0.1) is 11.7 Å². The van der Waals surface area contributed by atoms with Crippen molar-refractivity contribution < 1.29 is 18.7 Å². The largest absolute Gasteiger partial charge is 0.446 e. The molecule has 3 unspecified atom stereocenters. The van der Waals surface area contributed by atoms with E-state index in [1.165, 1.54) is 18.6 Å². The third kappa shape index (κ3) is 5.66. The number of rotatable bonds is 6. The van der Waals surface area contributed by atoms with Gasteiger partial charge < -0.3 is 10.5 Å². The number of amides is 1. The van der Waals surface area contributed by atoms with Gasteiger partial charge in [-0.1, -0.05) is 12.8 Å². The van der Waals surface area contributed by atoms with E-state index < -0.39 is 6.09 Å². The van der Waals surface area contributed by atoms with Crippen molar-refractivity contribution in [3.05, 3.63) is 35.6 Å². The van der Waals surface area contributed by atoms with Crippen molar-refractivity contribution in [2.45, 2.75) is 57.1 Å². The Labute approximate surface area is 165 Å². The van der Waals surface area contributed by atoms with E-state index in [4.69, 9.17) is 10.5 Å². The lowest BCUT2D eigenvalue weighted by Gasteiger charge is -2.47. The van der Waals surface area contributed by atoms with Gasteiger partial charge in [-0.25, -0.2) is 9.18 Å². The zero-order chi connectivity index (χ0) is 18.5. The molecule has 2 N–H and O–H groups in total. The minimum Gasteiger partial charge on any atom is -0.446 e. The molecule has 1 aliphatic heterocycles. The van der Waals surface area contributed by atoms with Crippen LogP contribution < -0.4 is 5.73 Å². The van der Waals surface area contributed by atoms with Gasteiger partial charge in [0.2, 0.25) is 0 Å². The van der Waals surface area contributed by atoms with E-state index in [2.05, 4.69) is 4.90 Å². The highest BCUT2D eigenvalue weighted by molar-refractivity contribution is 5.95. The number of benzene rings is 1. The Kier molecular flexibility index (Phi) is 8.05. The number of carbonyl (C=O) groups is 2. The summed E-state index contributed by atoms with van der Waals surface area (Å²) in [6.45, 7) is 1.72. The van der Waals surface area contributed by atoms with Crippen LogP contribution >= 0.6 is 12.4 Å². The molecule has 1 saturated carbocycles. The number of likely N-dealkylation sites (tertiary alicyclic amines) is 1. The van der Waals surface area contributed by atoms with Crippen LogP contribution in [0.15, 0.2) is 24.3 Å². The molecule has 3 rings (SSSR count). The zero-order valence-corrected chi connectivity index (χ0v) is 16.3. The van der Waals surface area contributed by atoms with Crippen LogP contribution in [-0.2, 0) is 4.74 Å². The maximum atomic E-state index is 13.0. The number of primary amides is 1. The number of nitrogens with zero attached hydrogens (tertiary/aromatic N) is 1. The van der Waals surface area contributed by atoms with Gasteiger partial charge in [0.05, 0.1) is 0 Å². The topological polar surface area (TPSA) is 72.6 Å². The average molecular weight is 399 g/mol. The summed E-state index contributed by atoms with van der Waals surface area (Å²) in [5.74, 6) is 0.0703. The second-order valence-electron chi connectivity index (χ2n) is 7.35. The third-order valence-corrected chi connectivity index (χ3v) is 5.71. The van der Waals surface area contributed by atoms with E-state index >= 15 is 0 Å². The molecule has 0 spiro atoms. The van der Waals surface area contributed by atoms with E-state index in [0.29, 0.717) is 23.9 Å². The number of ketones is 1. The van der Waals surface area contributed by atoms with Crippen molar-refractivity contribution in [2.24, 2.45) is 11.7 Å². The van der Waals surface area contributed by atoms with E-state index in [1.807, 2.05) is 0 Å². The Bertz CT molecular complexity index is 641. The van der Waals surface area contributed by atoms with Crippen molar-refractivity contribution in [1.29, 1.82) is 0 Å². The van der Waals surface area contributed by atoms with Gasteiger partial charge >= 0.3 is 6.09 Å². The van der Waals surface area contributed by atoms with Gasteiger partial charge in [0.1, 0.15) is 11.9 Å². The van der Waals surface area contributed by atoms with Crippen LogP contribution in [-0.4, -0.2) is 42.0 Å². The number of carbonyl (C=O) groups excluding carboxylic acids is 2. The van der Waals surface area contributed by atoms with Gasteiger partial charge in [0.25, 0.3) is 0 Å². The Hall–Kier alpha value is -1.66. The molecule has 1 aliphatic carbocycles. The lowest BCUT2D eigenvalue weighted by Crippen LogP contribution is -2.54. The fourth-order valence-electron chi connectivity index (χ4n) is 4.50. The third-order valence-electron chi connectivity index (χ3n) is 5.71. The van der Waals surface area contributed by atoms with Crippen molar-refractivity contribution >= 4 is 24.3 Å². The van der Waals surface area contributed by atoms with Crippen molar-refractivity contribution in [3.8, 4) is 0 Å². The second-order valence-corrected chi connectivity index (χ2v) is 7.35. The average Bonchev–Trinajstić information content (AvgIpc) is 2.63. The Morgan fingerprint density at radius 2 is 1.85 bits per heavy atom. The quantitative estimate of drug-likeness (QED) is 0.736. The summed E-state index contributed by atoms with van der Waals surface area (Å²) in [5.41, 5.74) is 5.79. The Morgan fingerprint density at radius 1 is 1.15 bits per heavy atom. The molecule has 27 heavy (non-hydrogen) atoms. The first-order valence-electron chi connectivity index (χ1n) is 9.53. The molecule has 2 fully saturated rings. The molecular formula is C20H28ClFN2O3. The fourth-order valence-corrected chi connectivity index (χ4v) is 4.50. The Balaban J connectivity index is 0.00000261. The van der Waals surface area contributed by atoms with Crippen LogP contribution in [0.4, 0.5) is 9.18 Å². The number of hydrogen-bond acceptors (Lipinski definition) is 4. The molecule has 5 nitrogen and oxygen atoms in total.